The van der Waals surface area contributed by atoms with Crippen LogP contribution >= 0.6 is 0 Å². The summed E-state index contributed by atoms with van der Waals surface area (Å²) in [4.78, 5) is 50.0. The Balaban J connectivity index is 1.55. The number of aryl methyl sites for hydroxylation is 1. The van der Waals surface area contributed by atoms with Gasteiger partial charge >= 0.3 is 5.97 Å². The maximum absolute atomic E-state index is 12.5. The first-order valence-corrected chi connectivity index (χ1v) is 9.74. The number of hydrogen-bond donors (Lipinski definition) is 1. The van der Waals surface area contributed by atoms with E-state index in [1.165, 1.54) is 13.8 Å². The number of nitrogens with zero attached hydrogens (tertiary/aromatic N) is 1. The third kappa shape index (κ3) is 4.92. The van der Waals surface area contributed by atoms with Gasteiger partial charge in [-0.3, -0.25) is 19.2 Å². The molecule has 3 rings (SSSR count). The molecule has 0 unspecified atom stereocenters. The number of amides is 2. The van der Waals surface area contributed by atoms with Crippen molar-refractivity contribution >= 4 is 34.9 Å². The fourth-order valence-corrected chi connectivity index (χ4v) is 3.20. The normalized spacial score (nSPS) is 16.8. The number of benzene rings is 2. The minimum atomic E-state index is -1.02. The Kier molecular flexibility index (Phi) is 6.30. The first-order chi connectivity index (χ1) is 14.2. The van der Waals surface area contributed by atoms with E-state index in [4.69, 9.17) is 4.74 Å². The van der Waals surface area contributed by atoms with Crippen LogP contribution in [0.15, 0.2) is 48.5 Å². The number of rotatable bonds is 6. The first kappa shape index (κ1) is 21.2. The molecule has 1 aliphatic rings. The van der Waals surface area contributed by atoms with Gasteiger partial charge in [-0.15, -0.1) is 0 Å². The number of ketones is 1. The van der Waals surface area contributed by atoms with E-state index in [2.05, 4.69) is 5.32 Å². The summed E-state index contributed by atoms with van der Waals surface area (Å²) in [5.74, 6) is -1.90. The number of nitrogens with one attached hydrogen (secondary N) is 1. The first-order valence-electron chi connectivity index (χ1n) is 9.74. The highest BCUT2D eigenvalue weighted by atomic mass is 16.5. The predicted octanol–water partition coefficient (Wildman–Crippen LogP) is 3.12. The standard InChI is InChI=1S/C23H24N2O5/c1-14-4-10-20(11-5-14)25-13-18(12-21(25)27)23(29)30-16(3)22(28)24-19-8-6-17(7-9-19)15(2)26/h4-11,16,18H,12-13H2,1-3H3,(H,24,28)/t16-,18-/m0/s1. The highest BCUT2D eigenvalue weighted by Gasteiger charge is 2.37. The zero-order chi connectivity index (χ0) is 21.8. The van der Waals surface area contributed by atoms with E-state index in [1.54, 1.807) is 29.2 Å². The largest absolute Gasteiger partial charge is 0.452 e. The number of carbonyl (C=O) groups is 4. The topological polar surface area (TPSA) is 92.8 Å². The lowest BCUT2D eigenvalue weighted by atomic mass is 10.1. The molecule has 1 heterocycles. The Morgan fingerprint density at radius 2 is 1.70 bits per heavy atom. The van der Waals surface area contributed by atoms with E-state index in [0.29, 0.717) is 11.3 Å². The maximum atomic E-state index is 12.5. The Bertz CT molecular complexity index is 966. The summed E-state index contributed by atoms with van der Waals surface area (Å²) >= 11 is 0. The Labute approximate surface area is 175 Å². The molecule has 1 saturated heterocycles. The van der Waals surface area contributed by atoms with Crippen LogP contribution in [-0.2, 0) is 19.1 Å². The molecule has 30 heavy (non-hydrogen) atoms. The van der Waals surface area contributed by atoms with Crippen molar-refractivity contribution in [2.45, 2.75) is 33.3 Å². The van der Waals surface area contributed by atoms with Crippen LogP contribution in [0.2, 0.25) is 0 Å². The molecule has 0 spiro atoms. The van der Waals surface area contributed by atoms with Crippen molar-refractivity contribution in [2.24, 2.45) is 5.92 Å². The number of esters is 1. The van der Waals surface area contributed by atoms with Gasteiger partial charge in [0.2, 0.25) is 5.91 Å². The van der Waals surface area contributed by atoms with Crippen LogP contribution in [-0.4, -0.2) is 36.2 Å². The third-order valence-electron chi connectivity index (χ3n) is 5.03. The smallest absolute Gasteiger partial charge is 0.312 e. The fraction of sp³-hybridized carbons (Fsp3) is 0.304. The van der Waals surface area contributed by atoms with Crippen molar-refractivity contribution < 1.29 is 23.9 Å². The average Bonchev–Trinajstić information content (AvgIpc) is 3.10. The summed E-state index contributed by atoms with van der Waals surface area (Å²) in [7, 11) is 0. The summed E-state index contributed by atoms with van der Waals surface area (Å²) in [6.07, 6.45) is -0.971. The van der Waals surface area contributed by atoms with E-state index < -0.39 is 23.9 Å². The number of Topliss-reactive ketones (excluding diaryl/α,β-unsaturated/α-hetero) is 1. The molecule has 7 heteroatoms. The highest BCUT2D eigenvalue weighted by molar-refractivity contribution is 6.00. The molecule has 0 saturated carbocycles. The average molecular weight is 408 g/mol. The molecule has 2 aromatic rings. The monoisotopic (exact) mass is 408 g/mol. The van der Waals surface area contributed by atoms with Gasteiger partial charge in [0.25, 0.3) is 5.91 Å². The minimum Gasteiger partial charge on any atom is -0.452 e. The van der Waals surface area contributed by atoms with Gasteiger partial charge in [0, 0.05) is 29.9 Å². The van der Waals surface area contributed by atoms with Gasteiger partial charge in [0.1, 0.15) is 0 Å². The van der Waals surface area contributed by atoms with Gasteiger partial charge < -0.3 is 15.0 Å². The zero-order valence-electron chi connectivity index (χ0n) is 17.2. The molecule has 0 bridgehead atoms. The van der Waals surface area contributed by atoms with Gasteiger partial charge in [-0.25, -0.2) is 0 Å². The third-order valence-corrected chi connectivity index (χ3v) is 5.03. The SMILES string of the molecule is CC(=O)c1ccc(NC(=O)[C@H](C)OC(=O)[C@H]2CC(=O)N(c3ccc(C)cc3)C2)cc1. The molecule has 2 atom stereocenters. The summed E-state index contributed by atoms with van der Waals surface area (Å²) in [6, 6.07) is 13.9. The zero-order valence-corrected chi connectivity index (χ0v) is 17.2. The molecule has 1 aliphatic heterocycles. The van der Waals surface area contributed by atoms with Gasteiger partial charge in [0.15, 0.2) is 11.9 Å². The molecule has 1 fully saturated rings. The lowest BCUT2D eigenvalue weighted by Crippen LogP contribution is -2.33. The quantitative estimate of drug-likeness (QED) is 0.586. The second kappa shape index (κ2) is 8.90. The van der Waals surface area contributed by atoms with Crippen molar-refractivity contribution in [3.63, 3.8) is 0 Å². The maximum Gasteiger partial charge on any atom is 0.312 e. The molecule has 0 aromatic heterocycles. The molecule has 156 valence electrons. The predicted molar refractivity (Wildman–Crippen MR) is 112 cm³/mol. The van der Waals surface area contributed by atoms with Crippen molar-refractivity contribution in [2.75, 3.05) is 16.8 Å². The number of carbonyl (C=O) groups excluding carboxylic acids is 4. The number of ether oxygens (including phenoxy) is 1. The second-order valence-electron chi connectivity index (χ2n) is 7.44. The van der Waals surface area contributed by atoms with Crippen LogP contribution in [0.25, 0.3) is 0 Å². The molecule has 7 nitrogen and oxygen atoms in total. The Hall–Kier alpha value is -3.48. The van der Waals surface area contributed by atoms with E-state index in [0.717, 1.165) is 11.3 Å². The molecule has 2 aromatic carbocycles. The summed E-state index contributed by atoms with van der Waals surface area (Å²) in [6.45, 7) is 5.12. The van der Waals surface area contributed by atoms with Crippen molar-refractivity contribution in [3.8, 4) is 0 Å². The van der Waals surface area contributed by atoms with E-state index in [-0.39, 0.29) is 24.7 Å². The van der Waals surface area contributed by atoms with Crippen LogP contribution in [0.1, 0.15) is 36.2 Å². The molecular formula is C23H24N2O5. The lowest BCUT2D eigenvalue weighted by molar-refractivity contribution is -0.157. The van der Waals surface area contributed by atoms with Crippen LogP contribution in [0, 0.1) is 12.8 Å². The molecule has 2 amide bonds. The highest BCUT2D eigenvalue weighted by Crippen LogP contribution is 2.26. The number of anilines is 2. The van der Waals surface area contributed by atoms with Gasteiger partial charge in [-0.05, 0) is 57.2 Å². The Morgan fingerprint density at radius 1 is 1.07 bits per heavy atom. The second-order valence-corrected chi connectivity index (χ2v) is 7.44. The van der Waals surface area contributed by atoms with Crippen molar-refractivity contribution in [1.29, 1.82) is 0 Å². The summed E-state index contributed by atoms with van der Waals surface area (Å²) in [5.41, 5.74) is 2.85. The molecule has 0 aliphatic carbocycles. The van der Waals surface area contributed by atoms with E-state index in [9.17, 15) is 19.2 Å². The van der Waals surface area contributed by atoms with Crippen LogP contribution < -0.4 is 10.2 Å². The fourth-order valence-electron chi connectivity index (χ4n) is 3.20. The van der Waals surface area contributed by atoms with E-state index in [1.807, 2.05) is 31.2 Å². The van der Waals surface area contributed by atoms with Gasteiger partial charge in [0.05, 0.1) is 5.92 Å². The van der Waals surface area contributed by atoms with Gasteiger partial charge in [-0.2, -0.15) is 0 Å². The summed E-state index contributed by atoms with van der Waals surface area (Å²) in [5, 5.41) is 2.65. The minimum absolute atomic E-state index is 0.0492. The van der Waals surface area contributed by atoms with Crippen LogP contribution in [0.3, 0.4) is 0 Å². The van der Waals surface area contributed by atoms with E-state index >= 15 is 0 Å². The summed E-state index contributed by atoms with van der Waals surface area (Å²) < 4.78 is 5.30. The van der Waals surface area contributed by atoms with Gasteiger partial charge in [-0.1, -0.05) is 17.7 Å². The number of hydrogen-bond acceptors (Lipinski definition) is 5. The van der Waals surface area contributed by atoms with Crippen LogP contribution in [0.5, 0.6) is 0 Å². The lowest BCUT2D eigenvalue weighted by Gasteiger charge is -2.18. The molecule has 1 N–H and O–H groups in total. The molecular weight excluding hydrogens is 384 g/mol. The van der Waals surface area contributed by atoms with Crippen molar-refractivity contribution in [3.05, 3.63) is 59.7 Å². The molecule has 0 radical (unpaired) electrons. The van der Waals surface area contributed by atoms with Crippen molar-refractivity contribution in [1.82, 2.24) is 0 Å². The van der Waals surface area contributed by atoms with Crippen LogP contribution in [0.4, 0.5) is 11.4 Å². The Morgan fingerprint density at radius 3 is 2.30 bits per heavy atom.